The van der Waals surface area contributed by atoms with Crippen molar-refractivity contribution in [2.24, 2.45) is 0 Å². The van der Waals surface area contributed by atoms with Gasteiger partial charge in [0.2, 0.25) is 5.91 Å². The van der Waals surface area contributed by atoms with Crippen LogP contribution in [-0.4, -0.2) is 46.2 Å². The van der Waals surface area contributed by atoms with Crippen LogP contribution in [0.1, 0.15) is 12.7 Å². The van der Waals surface area contributed by atoms with Gasteiger partial charge in [0.1, 0.15) is 12.4 Å². The lowest BCUT2D eigenvalue weighted by Gasteiger charge is -2.31. The summed E-state index contributed by atoms with van der Waals surface area (Å²) in [5, 5.41) is 0. The molecule has 3 rings (SSSR count). The Morgan fingerprint density at radius 3 is 3.05 bits per heavy atom. The Labute approximate surface area is 118 Å². The minimum Gasteiger partial charge on any atom is -0.375 e. The minimum atomic E-state index is 0.119. The minimum absolute atomic E-state index is 0.119. The third kappa shape index (κ3) is 2.41. The molecule has 0 spiro atoms. The van der Waals surface area contributed by atoms with Gasteiger partial charge in [-0.3, -0.25) is 4.79 Å². The number of rotatable bonds is 2. The molecule has 5 nitrogen and oxygen atoms in total. The van der Waals surface area contributed by atoms with Crippen molar-refractivity contribution in [3.05, 3.63) is 30.1 Å². The topological polar surface area (TPSA) is 47.4 Å². The molecule has 1 aliphatic rings. The van der Waals surface area contributed by atoms with Crippen molar-refractivity contribution in [2.45, 2.75) is 26.5 Å². The van der Waals surface area contributed by atoms with Gasteiger partial charge in [-0.1, -0.05) is 12.1 Å². The van der Waals surface area contributed by atoms with Crippen LogP contribution in [0.15, 0.2) is 24.3 Å². The highest BCUT2D eigenvalue weighted by atomic mass is 16.5. The van der Waals surface area contributed by atoms with Crippen LogP contribution >= 0.6 is 0 Å². The number of aromatic nitrogens is 2. The zero-order valence-electron chi connectivity index (χ0n) is 11.9. The van der Waals surface area contributed by atoms with Gasteiger partial charge in [-0.15, -0.1) is 0 Å². The maximum Gasteiger partial charge on any atom is 0.242 e. The molecule has 2 aromatic rings. The molecule has 2 heterocycles. The third-order valence-electron chi connectivity index (χ3n) is 3.73. The molecule has 0 saturated carbocycles. The van der Waals surface area contributed by atoms with E-state index in [0.717, 1.165) is 16.9 Å². The summed E-state index contributed by atoms with van der Waals surface area (Å²) in [6.45, 7) is 6.25. The van der Waals surface area contributed by atoms with E-state index in [0.29, 0.717) is 26.2 Å². The molecule has 1 fully saturated rings. The average Bonchev–Trinajstić information content (AvgIpc) is 2.75. The Morgan fingerprint density at radius 1 is 1.45 bits per heavy atom. The van der Waals surface area contributed by atoms with Crippen molar-refractivity contribution in [1.29, 1.82) is 0 Å². The number of ether oxygens (including phenoxy) is 1. The van der Waals surface area contributed by atoms with E-state index < -0.39 is 0 Å². The maximum atomic E-state index is 12.4. The first-order valence-electron chi connectivity index (χ1n) is 6.96. The molecule has 0 radical (unpaired) electrons. The Balaban J connectivity index is 1.82. The van der Waals surface area contributed by atoms with Crippen LogP contribution < -0.4 is 0 Å². The molecule has 1 aromatic carbocycles. The summed E-state index contributed by atoms with van der Waals surface area (Å²) in [6.07, 6.45) is 0.119. The molecule has 1 aliphatic heterocycles. The molecule has 20 heavy (non-hydrogen) atoms. The van der Waals surface area contributed by atoms with E-state index in [1.807, 2.05) is 47.6 Å². The van der Waals surface area contributed by atoms with Crippen molar-refractivity contribution in [3.8, 4) is 0 Å². The van der Waals surface area contributed by atoms with Gasteiger partial charge in [-0.25, -0.2) is 4.98 Å². The largest absolute Gasteiger partial charge is 0.375 e. The molecule has 1 aromatic heterocycles. The van der Waals surface area contributed by atoms with Gasteiger partial charge in [0.25, 0.3) is 0 Å². The second-order valence-electron chi connectivity index (χ2n) is 5.26. The average molecular weight is 273 g/mol. The lowest BCUT2D eigenvalue weighted by atomic mass is 10.3. The van der Waals surface area contributed by atoms with E-state index in [1.165, 1.54) is 0 Å². The Bertz CT molecular complexity index is 635. The van der Waals surface area contributed by atoms with Gasteiger partial charge in [0.05, 0.1) is 23.7 Å². The number of amides is 1. The van der Waals surface area contributed by atoms with Crippen molar-refractivity contribution in [2.75, 3.05) is 19.7 Å². The highest BCUT2D eigenvalue weighted by Crippen LogP contribution is 2.16. The maximum absolute atomic E-state index is 12.4. The van der Waals surface area contributed by atoms with E-state index >= 15 is 0 Å². The molecular formula is C15H19N3O2. The second-order valence-corrected chi connectivity index (χ2v) is 5.26. The van der Waals surface area contributed by atoms with Crippen LogP contribution in [-0.2, 0) is 16.1 Å². The summed E-state index contributed by atoms with van der Waals surface area (Å²) in [6, 6.07) is 7.91. The summed E-state index contributed by atoms with van der Waals surface area (Å²) in [4.78, 5) is 18.8. The number of hydrogen-bond donors (Lipinski definition) is 0. The van der Waals surface area contributed by atoms with Gasteiger partial charge >= 0.3 is 0 Å². The number of aryl methyl sites for hydroxylation is 1. The van der Waals surface area contributed by atoms with Crippen LogP contribution in [0.2, 0.25) is 0 Å². The molecule has 1 amide bonds. The predicted molar refractivity (Wildman–Crippen MR) is 76.5 cm³/mol. The predicted octanol–water partition coefficient (Wildman–Crippen LogP) is 1.59. The number of hydrogen-bond acceptors (Lipinski definition) is 3. The number of carbonyl (C=O) groups excluding carboxylic acids is 1. The van der Waals surface area contributed by atoms with Gasteiger partial charge in [0.15, 0.2) is 0 Å². The number of para-hydroxylation sites is 2. The van der Waals surface area contributed by atoms with E-state index in [2.05, 4.69) is 4.98 Å². The quantitative estimate of drug-likeness (QED) is 0.835. The van der Waals surface area contributed by atoms with Gasteiger partial charge in [0, 0.05) is 13.1 Å². The molecule has 5 heteroatoms. The van der Waals surface area contributed by atoms with Crippen LogP contribution in [0.3, 0.4) is 0 Å². The van der Waals surface area contributed by atoms with E-state index in [-0.39, 0.29) is 12.0 Å². The number of imidazole rings is 1. The van der Waals surface area contributed by atoms with E-state index in [9.17, 15) is 4.79 Å². The van der Waals surface area contributed by atoms with Crippen LogP contribution in [0.5, 0.6) is 0 Å². The SMILES string of the molecule is Cc1nc2ccccc2n1CC(=O)N1CCOC(C)C1. The third-order valence-corrected chi connectivity index (χ3v) is 3.73. The monoisotopic (exact) mass is 273 g/mol. The molecule has 106 valence electrons. The Morgan fingerprint density at radius 2 is 2.25 bits per heavy atom. The van der Waals surface area contributed by atoms with Crippen molar-refractivity contribution >= 4 is 16.9 Å². The number of carbonyl (C=O) groups is 1. The molecule has 0 N–H and O–H groups in total. The molecule has 1 saturated heterocycles. The zero-order valence-corrected chi connectivity index (χ0v) is 11.9. The Kier molecular flexibility index (Phi) is 3.44. The fraction of sp³-hybridized carbons (Fsp3) is 0.467. The van der Waals surface area contributed by atoms with Crippen LogP contribution in [0.4, 0.5) is 0 Å². The first-order valence-corrected chi connectivity index (χ1v) is 6.96. The lowest BCUT2D eigenvalue weighted by molar-refractivity contribution is -0.138. The highest BCUT2D eigenvalue weighted by Gasteiger charge is 2.22. The highest BCUT2D eigenvalue weighted by molar-refractivity contribution is 5.81. The fourth-order valence-corrected chi connectivity index (χ4v) is 2.68. The number of nitrogens with zero attached hydrogens (tertiary/aromatic N) is 3. The first-order chi connectivity index (χ1) is 9.65. The van der Waals surface area contributed by atoms with Crippen LogP contribution in [0.25, 0.3) is 11.0 Å². The summed E-state index contributed by atoms with van der Waals surface area (Å²) in [5.74, 6) is 1.01. The molecule has 1 atom stereocenters. The summed E-state index contributed by atoms with van der Waals surface area (Å²) >= 11 is 0. The Hall–Kier alpha value is -1.88. The van der Waals surface area contributed by atoms with E-state index in [4.69, 9.17) is 4.74 Å². The summed E-state index contributed by atoms with van der Waals surface area (Å²) in [5.41, 5.74) is 1.95. The van der Waals surface area contributed by atoms with Gasteiger partial charge in [-0.05, 0) is 26.0 Å². The molecule has 0 bridgehead atoms. The summed E-state index contributed by atoms with van der Waals surface area (Å²) in [7, 11) is 0. The standard InChI is InChI=1S/C15H19N3O2/c1-11-9-17(7-8-20-11)15(19)10-18-12(2)16-13-5-3-4-6-14(13)18/h3-6,11H,7-10H2,1-2H3. The molecule has 0 aliphatic carbocycles. The van der Waals surface area contributed by atoms with Gasteiger partial charge < -0.3 is 14.2 Å². The van der Waals surface area contributed by atoms with Crippen molar-refractivity contribution < 1.29 is 9.53 Å². The second kappa shape index (κ2) is 5.25. The number of fused-ring (bicyclic) bond motifs is 1. The normalized spacial score (nSPS) is 19.5. The summed E-state index contributed by atoms with van der Waals surface area (Å²) < 4.78 is 7.46. The fourth-order valence-electron chi connectivity index (χ4n) is 2.68. The van der Waals surface area contributed by atoms with Gasteiger partial charge in [-0.2, -0.15) is 0 Å². The number of benzene rings is 1. The lowest BCUT2D eigenvalue weighted by Crippen LogP contribution is -2.45. The smallest absolute Gasteiger partial charge is 0.242 e. The molecule has 1 unspecified atom stereocenters. The van der Waals surface area contributed by atoms with Crippen LogP contribution in [0, 0.1) is 6.92 Å². The zero-order chi connectivity index (χ0) is 14.1. The van der Waals surface area contributed by atoms with E-state index in [1.54, 1.807) is 0 Å². The van der Waals surface area contributed by atoms with Crippen molar-refractivity contribution in [1.82, 2.24) is 14.5 Å². The number of morpholine rings is 1. The first kappa shape index (κ1) is 13.1. The molecular weight excluding hydrogens is 254 g/mol. The van der Waals surface area contributed by atoms with Crippen molar-refractivity contribution in [3.63, 3.8) is 0 Å².